The largest absolute Gasteiger partial charge is 0.376 e. The van der Waals surface area contributed by atoms with Gasteiger partial charge in [0.05, 0.1) is 11.4 Å². The van der Waals surface area contributed by atoms with Crippen LogP contribution in [0.25, 0.3) is 0 Å². The summed E-state index contributed by atoms with van der Waals surface area (Å²) in [6.45, 7) is 3.32. The van der Waals surface area contributed by atoms with E-state index in [1.54, 1.807) is 0 Å². The topological polar surface area (TPSA) is 69.0 Å². The predicted molar refractivity (Wildman–Crippen MR) is 80.3 cm³/mol. The molecule has 1 saturated carbocycles. The first-order chi connectivity index (χ1) is 10.1. The van der Waals surface area contributed by atoms with Crippen molar-refractivity contribution < 1.29 is 9.53 Å². The van der Waals surface area contributed by atoms with Crippen molar-refractivity contribution in [2.75, 3.05) is 13.2 Å². The normalized spacial score (nSPS) is 23.2. The highest BCUT2D eigenvalue weighted by molar-refractivity contribution is 8.00. The Morgan fingerprint density at radius 3 is 2.95 bits per heavy atom. The number of ether oxygens (including phenoxy) is 1. The summed E-state index contributed by atoms with van der Waals surface area (Å²) in [6, 6.07) is 0. The standard InChI is InChI=1S/C14H22N4O2S/c1-9(13(19)15-8-11-4-3-7-20-11)21-14-17-16-12(18(14)2)10-5-6-10/h9-11H,3-8H2,1-2H3,(H,15,19)/t9-,11+/m0/s1. The number of nitrogens with one attached hydrogen (secondary N) is 1. The molecule has 0 bridgehead atoms. The summed E-state index contributed by atoms with van der Waals surface area (Å²) in [5, 5.41) is 12.0. The second-order valence-electron chi connectivity index (χ2n) is 5.81. The van der Waals surface area contributed by atoms with Crippen LogP contribution in [0.1, 0.15) is 44.3 Å². The van der Waals surface area contributed by atoms with Crippen molar-refractivity contribution in [2.45, 2.75) is 55.0 Å². The van der Waals surface area contributed by atoms with Gasteiger partial charge in [0, 0.05) is 26.1 Å². The Labute approximate surface area is 129 Å². The van der Waals surface area contributed by atoms with Crippen LogP contribution >= 0.6 is 11.8 Å². The van der Waals surface area contributed by atoms with Gasteiger partial charge < -0.3 is 14.6 Å². The van der Waals surface area contributed by atoms with Crippen molar-refractivity contribution in [3.8, 4) is 0 Å². The second-order valence-corrected chi connectivity index (χ2v) is 7.12. The molecule has 1 aliphatic carbocycles. The lowest BCUT2D eigenvalue weighted by molar-refractivity contribution is -0.120. The van der Waals surface area contributed by atoms with Crippen LogP contribution in [0.3, 0.4) is 0 Å². The van der Waals surface area contributed by atoms with Gasteiger partial charge in [-0.2, -0.15) is 0 Å². The third-order valence-corrected chi connectivity index (χ3v) is 5.12. The molecule has 3 rings (SSSR count). The van der Waals surface area contributed by atoms with Crippen LogP contribution < -0.4 is 5.32 Å². The van der Waals surface area contributed by atoms with Gasteiger partial charge in [-0.05, 0) is 32.6 Å². The molecule has 1 aromatic rings. The molecule has 0 aromatic carbocycles. The van der Waals surface area contributed by atoms with Crippen LogP contribution in [0.4, 0.5) is 0 Å². The third-order valence-electron chi connectivity index (χ3n) is 3.99. The van der Waals surface area contributed by atoms with Crippen molar-refractivity contribution in [1.29, 1.82) is 0 Å². The van der Waals surface area contributed by atoms with Gasteiger partial charge in [-0.3, -0.25) is 4.79 Å². The van der Waals surface area contributed by atoms with E-state index in [4.69, 9.17) is 4.74 Å². The zero-order chi connectivity index (χ0) is 14.8. The van der Waals surface area contributed by atoms with Crippen molar-refractivity contribution in [1.82, 2.24) is 20.1 Å². The zero-order valence-corrected chi connectivity index (χ0v) is 13.4. The summed E-state index contributed by atoms with van der Waals surface area (Å²) < 4.78 is 7.53. The van der Waals surface area contributed by atoms with Gasteiger partial charge >= 0.3 is 0 Å². The molecule has 2 aliphatic rings. The van der Waals surface area contributed by atoms with Gasteiger partial charge in [0.1, 0.15) is 5.82 Å². The second kappa shape index (κ2) is 6.36. The van der Waals surface area contributed by atoms with E-state index in [0.717, 1.165) is 30.4 Å². The van der Waals surface area contributed by atoms with Crippen molar-refractivity contribution >= 4 is 17.7 Å². The van der Waals surface area contributed by atoms with Crippen LogP contribution in [0.5, 0.6) is 0 Å². The van der Waals surface area contributed by atoms with Crippen LogP contribution in [0.2, 0.25) is 0 Å². The molecule has 21 heavy (non-hydrogen) atoms. The monoisotopic (exact) mass is 310 g/mol. The summed E-state index contributed by atoms with van der Waals surface area (Å²) in [7, 11) is 1.98. The Bertz CT molecular complexity index is 509. The third kappa shape index (κ3) is 3.58. The van der Waals surface area contributed by atoms with Crippen LogP contribution in [0.15, 0.2) is 5.16 Å². The van der Waals surface area contributed by atoms with E-state index in [0.29, 0.717) is 12.5 Å². The summed E-state index contributed by atoms with van der Waals surface area (Å²) in [4.78, 5) is 12.1. The molecule has 1 amide bonds. The number of nitrogens with zero attached hydrogens (tertiary/aromatic N) is 3. The number of carbonyl (C=O) groups is 1. The van der Waals surface area contributed by atoms with Crippen LogP contribution in [0, 0.1) is 0 Å². The predicted octanol–water partition coefficient (Wildman–Crippen LogP) is 1.47. The molecule has 2 fully saturated rings. The zero-order valence-electron chi connectivity index (χ0n) is 12.5. The Morgan fingerprint density at radius 1 is 1.48 bits per heavy atom. The van der Waals surface area contributed by atoms with Gasteiger partial charge in [-0.15, -0.1) is 10.2 Å². The maximum atomic E-state index is 12.1. The first-order valence-electron chi connectivity index (χ1n) is 7.60. The van der Waals surface area contributed by atoms with Crippen molar-refractivity contribution in [3.05, 3.63) is 5.82 Å². The van der Waals surface area contributed by atoms with Gasteiger partial charge in [0.15, 0.2) is 5.16 Å². The van der Waals surface area contributed by atoms with Gasteiger partial charge in [-0.25, -0.2) is 0 Å². The van der Waals surface area contributed by atoms with Gasteiger partial charge in [-0.1, -0.05) is 11.8 Å². The molecule has 0 spiro atoms. The molecule has 6 nitrogen and oxygen atoms in total. The first kappa shape index (κ1) is 14.8. The van der Waals surface area contributed by atoms with E-state index >= 15 is 0 Å². The number of rotatable bonds is 6. The minimum atomic E-state index is -0.179. The number of carbonyl (C=O) groups excluding carboxylic acids is 1. The van der Waals surface area contributed by atoms with Gasteiger partial charge in [0.2, 0.25) is 5.91 Å². The number of aromatic nitrogens is 3. The van der Waals surface area contributed by atoms with E-state index in [9.17, 15) is 4.79 Å². The van der Waals surface area contributed by atoms with E-state index in [1.165, 1.54) is 24.6 Å². The first-order valence-corrected chi connectivity index (χ1v) is 8.48. The van der Waals surface area contributed by atoms with E-state index < -0.39 is 0 Å². The molecular formula is C14H22N4O2S. The summed E-state index contributed by atoms with van der Waals surface area (Å²) in [5.74, 6) is 1.65. The molecule has 1 aromatic heterocycles. The van der Waals surface area contributed by atoms with E-state index in [-0.39, 0.29) is 17.3 Å². The van der Waals surface area contributed by atoms with E-state index in [2.05, 4.69) is 15.5 Å². The molecule has 0 unspecified atom stereocenters. The molecule has 1 aliphatic heterocycles. The lowest BCUT2D eigenvalue weighted by Gasteiger charge is -2.14. The Kier molecular flexibility index (Phi) is 4.49. The smallest absolute Gasteiger partial charge is 0.233 e. The van der Waals surface area contributed by atoms with Crippen LogP contribution in [-0.4, -0.2) is 45.2 Å². The molecule has 7 heteroatoms. The molecule has 2 atom stereocenters. The SMILES string of the molecule is C[C@H](Sc1nnc(C2CC2)n1C)C(=O)NC[C@H]1CCCO1. The highest BCUT2D eigenvalue weighted by Crippen LogP contribution is 2.39. The maximum Gasteiger partial charge on any atom is 0.233 e. The molecular weight excluding hydrogens is 288 g/mol. The Balaban J connectivity index is 1.50. The fourth-order valence-corrected chi connectivity index (χ4v) is 3.35. The lowest BCUT2D eigenvalue weighted by Crippen LogP contribution is -2.36. The summed E-state index contributed by atoms with van der Waals surface area (Å²) >= 11 is 1.46. The number of hydrogen-bond donors (Lipinski definition) is 1. The van der Waals surface area contributed by atoms with E-state index in [1.807, 2.05) is 18.5 Å². The highest BCUT2D eigenvalue weighted by Gasteiger charge is 2.30. The molecule has 116 valence electrons. The van der Waals surface area contributed by atoms with Crippen molar-refractivity contribution in [2.24, 2.45) is 7.05 Å². The minimum Gasteiger partial charge on any atom is -0.376 e. The summed E-state index contributed by atoms with van der Waals surface area (Å²) in [6.07, 6.45) is 4.72. The summed E-state index contributed by atoms with van der Waals surface area (Å²) in [5.41, 5.74) is 0. The molecule has 1 saturated heterocycles. The molecule has 1 N–H and O–H groups in total. The number of hydrogen-bond acceptors (Lipinski definition) is 5. The average Bonchev–Trinajstić information content (AvgIpc) is 3.06. The molecule has 2 heterocycles. The fraction of sp³-hybridized carbons (Fsp3) is 0.786. The quantitative estimate of drug-likeness (QED) is 0.806. The van der Waals surface area contributed by atoms with Crippen molar-refractivity contribution in [3.63, 3.8) is 0 Å². The van der Waals surface area contributed by atoms with Gasteiger partial charge in [0.25, 0.3) is 0 Å². The Hall–Kier alpha value is -1.08. The van der Waals surface area contributed by atoms with Crippen LogP contribution in [-0.2, 0) is 16.6 Å². The average molecular weight is 310 g/mol. The number of thioether (sulfide) groups is 1. The minimum absolute atomic E-state index is 0.0338. The number of amides is 1. The molecule has 0 radical (unpaired) electrons. The highest BCUT2D eigenvalue weighted by atomic mass is 32.2. The lowest BCUT2D eigenvalue weighted by atomic mass is 10.2. The fourth-order valence-electron chi connectivity index (χ4n) is 2.50. The maximum absolute atomic E-state index is 12.1. The Morgan fingerprint density at radius 2 is 2.29 bits per heavy atom.